The van der Waals surface area contributed by atoms with Crippen LogP contribution in [0.25, 0.3) is 10.9 Å². The fourth-order valence-electron chi connectivity index (χ4n) is 3.64. The van der Waals surface area contributed by atoms with Crippen LogP contribution < -0.4 is 4.74 Å². The minimum atomic E-state index is -4.00. The molecule has 1 heterocycles. The highest BCUT2D eigenvalue weighted by Gasteiger charge is 2.25. The lowest BCUT2D eigenvalue weighted by Crippen LogP contribution is -2.12. The predicted molar refractivity (Wildman–Crippen MR) is 138 cm³/mol. The molecule has 0 aliphatic heterocycles. The zero-order valence-electron chi connectivity index (χ0n) is 19.4. The number of Topliss-reactive ketones (excluding diaryl/α,β-unsaturated/α-hetero) is 1. The van der Waals surface area contributed by atoms with Gasteiger partial charge in [-0.2, -0.15) is 0 Å². The van der Waals surface area contributed by atoms with Gasteiger partial charge in [0.15, 0.2) is 11.5 Å². The minimum absolute atomic E-state index is 0.00766. The summed E-state index contributed by atoms with van der Waals surface area (Å²) in [7, 11) is -4.00. The Hall–Kier alpha value is -3.40. The summed E-state index contributed by atoms with van der Waals surface area (Å²) >= 11 is 12.3. The number of halogens is 2. The van der Waals surface area contributed by atoms with Gasteiger partial charge in [0.2, 0.25) is 0 Å². The maximum Gasteiger partial charge on any atom is 0.272 e. The monoisotopic (exact) mass is 546 g/mol. The first-order chi connectivity index (χ1) is 16.9. The van der Waals surface area contributed by atoms with Crippen LogP contribution in [0, 0.1) is 23.0 Å². The molecule has 0 radical (unpaired) electrons. The van der Waals surface area contributed by atoms with Gasteiger partial charge in [0.05, 0.1) is 25.4 Å². The molecule has 0 bridgehead atoms. The number of non-ortho nitro benzene ring substituents is 1. The number of fused-ring (bicyclic) bond motifs is 1. The molecule has 0 aliphatic carbocycles. The maximum absolute atomic E-state index is 13.4. The van der Waals surface area contributed by atoms with Gasteiger partial charge in [-0.25, -0.2) is 12.4 Å². The molecule has 4 rings (SSSR count). The number of aromatic nitrogens is 1. The van der Waals surface area contributed by atoms with Crippen LogP contribution in [0.4, 0.5) is 5.69 Å². The highest BCUT2D eigenvalue weighted by Crippen LogP contribution is 2.40. The highest BCUT2D eigenvalue weighted by molar-refractivity contribution is 7.90. The number of aryl methyl sites for hydroxylation is 1. The molecule has 3 aromatic carbocycles. The van der Waals surface area contributed by atoms with Gasteiger partial charge in [-0.15, -0.1) is 0 Å². The van der Waals surface area contributed by atoms with Crippen molar-refractivity contribution in [3.63, 3.8) is 0 Å². The van der Waals surface area contributed by atoms with Crippen molar-refractivity contribution >= 4 is 55.6 Å². The summed E-state index contributed by atoms with van der Waals surface area (Å²) < 4.78 is 33.8. The second-order valence-electron chi connectivity index (χ2n) is 8.45. The van der Waals surface area contributed by atoms with Crippen molar-refractivity contribution in [2.24, 2.45) is 5.92 Å². The summed E-state index contributed by atoms with van der Waals surface area (Å²) in [5.41, 5.74) is 1.11. The molecule has 11 heteroatoms. The molecular formula is C25H20Cl2N2O6S. The largest absolute Gasteiger partial charge is 0.454 e. The lowest BCUT2D eigenvalue weighted by atomic mass is 10.0. The zero-order valence-corrected chi connectivity index (χ0v) is 21.7. The fourth-order valence-corrected chi connectivity index (χ4v) is 5.56. The van der Waals surface area contributed by atoms with E-state index in [0.29, 0.717) is 5.39 Å². The Bertz CT molecular complexity index is 1600. The predicted octanol–water partition coefficient (Wildman–Crippen LogP) is 7.03. The smallest absolute Gasteiger partial charge is 0.272 e. The molecule has 0 N–H and O–H groups in total. The van der Waals surface area contributed by atoms with E-state index < -0.39 is 20.9 Å². The number of nitrogens with zero attached hydrogens (tertiary/aromatic N) is 2. The molecule has 186 valence electrons. The summed E-state index contributed by atoms with van der Waals surface area (Å²) in [6.45, 7) is 5.29. The van der Waals surface area contributed by atoms with Gasteiger partial charge in [-0.3, -0.25) is 14.9 Å². The van der Waals surface area contributed by atoms with Crippen LogP contribution in [0.2, 0.25) is 10.0 Å². The third kappa shape index (κ3) is 4.69. The number of benzene rings is 3. The van der Waals surface area contributed by atoms with E-state index in [1.807, 2.05) is 6.92 Å². The lowest BCUT2D eigenvalue weighted by molar-refractivity contribution is -0.384. The van der Waals surface area contributed by atoms with Crippen molar-refractivity contribution < 1.29 is 22.9 Å². The van der Waals surface area contributed by atoms with E-state index in [1.54, 1.807) is 26.0 Å². The molecule has 0 aliphatic rings. The van der Waals surface area contributed by atoms with Crippen LogP contribution in [0.15, 0.2) is 65.7 Å². The fraction of sp³-hybridized carbons (Fsp3) is 0.160. The van der Waals surface area contributed by atoms with Crippen LogP contribution in [0.1, 0.15) is 29.8 Å². The molecule has 0 atom stereocenters. The molecule has 0 saturated carbocycles. The van der Waals surface area contributed by atoms with E-state index in [2.05, 4.69) is 0 Å². The van der Waals surface area contributed by atoms with Crippen molar-refractivity contribution in [3.05, 3.63) is 92.1 Å². The van der Waals surface area contributed by atoms with Gasteiger partial charge in [0.1, 0.15) is 5.75 Å². The number of nitro benzene ring substituents is 1. The summed E-state index contributed by atoms with van der Waals surface area (Å²) in [6.07, 6.45) is 1.32. The number of hydrogen-bond acceptors (Lipinski definition) is 6. The number of ketones is 1. The Kier molecular flexibility index (Phi) is 6.83. The Morgan fingerprint density at radius 1 is 1.03 bits per heavy atom. The molecule has 1 aromatic heterocycles. The molecule has 4 aromatic rings. The average molecular weight is 547 g/mol. The third-order valence-corrected chi connectivity index (χ3v) is 7.77. The van der Waals surface area contributed by atoms with Crippen molar-refractivity contribution in [2.75, 3.05) is 0 Å². The zero-order chi connectivity index (χ0) is 26.4. The minimum Gasteiger partial charge on any atom is -0.454 e. The number of hydrogen-bond donors (Lipinski definition) is 0. The van der Waals surface area contributed by atoms with Crippen LogP contribution in [0.3, 0.4) is 0 Å². The Labute approximate surface area is 217 Å². The van der Waals surface area contributed by atoms with Crippen molar-refractivity contribution in [1.29, 1.82) is 0 Å². The van der Waals surface area contributed by atoms with Crippen LogP contribution >= 0.6 is 23.2 Å². The first kappa shape index (κ1) is 25.7. The summed E-state index contributed by atoms with van der Waals surface area (Å²) in [6, 6.07) is 13.2. The molecule has 8 nitrogen and oxygen atoms in total. The standard InChI is InChI=1S/C25H20Cl2N2O6S/c1-14(2)24(30)20-13-28(36(33,34)18-7-4-15(3)5-8-18)23-9-6-17(12-19(20)23)35-25-21(26)10-16(29(31)32)11-22(25)27/h4-14H,1-3H3. The number of nitro groups is 1. The summed E-state index contributed by atoms with van der Waals surface area (Å²) in [5, 5.41) is 11.2. The Morgan fingerprint density at radius 2 is 1.64 bits per heavy atom. The van der Waals surface area contributed by atoms with Gasteiger partial charge < -0.3 is 4.74 Å². The lowest BCUT2D eigenvalue weighted by Gasteiger charge is -2.11. The van der Waals surface area contributed by atoms with Gasteiger partial charge >= 0.3 is 0 Å². The first-order valence-electron chi connectivity index (χ1n) is 10.7. The first-order valence-corrected chi connectivity index (χ1v) is 12.9. The summed E-state index contributed by atoms with van der Waals surface area (Å²) in [4.78, 5) is 23.5. The summed E-state index contributed by atoms with van der Waals surface area (Å²) in [5.74, 6) is -0.439. The number of rotatable bonds is 7. The van der Waals surface area contributed by atoms with Crippen LogP contribution in [-0.4, -0.2) is 23.1 Å². The van der Waals surface area contributed by atoms with Crippen molar-refractivity contribution in [1.82, 2.24) is 3.97 Å². The SMILES string of the molecule is Cc1ccc(S(=O)(=O)n2cc(C(=O)C(C)C)c3cc(Oc4c(Cl)cc([N+](=O)[O-])cc4Cl)ccc32)cc1. The molecule has 0 amide bonds. The number of carbonyl (C=O) groups is 1. The number of ether oxygens (including phenoxy) is 1. The van der Waals surface area contributed by atoms with E-state index in [1.165, 1.54) is 36.5 Å². The maximum atomic E-state index is 13.4. The van der Waals surface area contributed by atoms with E-state index >= 15 is 0 Å². The van der Waals surface area contributed by atoms with Gasteiger partial charge in [-0.05, 0) is 37.3 Å². The van der Waals surface area contributed by atoms with Crippen molar-refractivity contribution in [3.8, 4) is 11.5 Å². The van der Waals surface area contributed by atoms with E-state index in [0.717, 1.165) is 21.7 Å². The number of carbonyl (C=O) groups excluding carboxylic acids is 1. The molecule has 0 spiro atoms. The topological polar surface area (TPSA) is 109 Å². The molecule has 0 fully saturated rings. The molecule has 36 heavy (non-hydrogen) atoms. The van der Waals surface area contributed by atoms with Crippen molar-refractivity contribution in [2.45, 2.75) is 25.7 Å². The van der Waals surface area contributed by atoms with Gasteiger partial charge in [0.25, 0.3) is 15.7 Å². The molecule has 0 unspecified atom stereocenters. The van der Waals surface area contributed by atoms with Crippen LogP contribution in [-0.2, 0) is 10.0 Å². The molecule has 0 saturated heterocycles. The van der Waals surface area contributed by atoms with E-state index in [4.69, 9.17) is 27.9 Å². The van der Waals surface area contributed by atoms with E-state index in [9.17, 15) is 23.3 Å². The average Bonchev–Trinajstić information content (AvgIpc) is 3.20. The second kappa shape index (κ2) is 9.57. The van der Waals surface area contributed by atoms with E-state index in [-0.39, 0.29) is 49.0 Å². The highest BCUT2D eigenvalue weighted by atomic mass is 35.5. The Balaban J connectivity index is 1.86. The van der Waals surface area contributed by atoms with Crippen LogP contribution in [0.5, 0.6) is 11.5 Å². The quantitative estimate of drug-likeness (QED) is 0.140. The molecular weight excluding hydrogens is 527 g/mol. The van der Waals surface area contributed by atoms with Gasteiger partial charge in [-0.1, -0.05) is 54.7 Å². The van der Waals surface area contributed by atoms with Gasteiger partial charge in [0, 0.05) is 35.2 Å². The third-order valence-electron chi connectivity index (χ3n) is 5.52. The normalized spacial score (nSPS) is 11.7. The Morgan fingerprint density at radius 3 is 2.19 bits per heavy atom. The second-order valence-corrected chi connectivity index (χ2v) is 11.1.